The van der Waals surface area contributed by atoms with Crippen molar-refractivity contribution in [1.29, 1.82) is 0 Å². The van der Waals surface area contributed by atoms with E-state index in [1.165, 1.54) is 11.8 Å². The van der Waals surface area contributed by atoms with Crippen LogP contribution in [-0.2, 0) is 0 Å². The number of nitrogens with zero attached hydrogens (tertiary/aromatic N) is 4. The number of ether oxygens (including phenoxy) is 2. The van der Waals surface area contributed by atoms with E-state index in [4.69, 9.17) is 32.7 Å². The molecule has 1 aromatic heterocycles. The Bertz CT molecular complexity index is 1070. The van der Waals surface area contributed by atoms with Gasteiger partial charge in [0.1, 0.15) is 16.8 Å². The molecule has 0 fully saturated rings. The highest BCUT2D eigenvalue weighted by molar-refractivity contribution is 7.99. The molecule has 0 bridgehead atoms. The predicted octanol–water partition coefficient (Wildman–Crippen LogP) is 5.79. The number of hydrogen-bond acceptors (Lipinski definition) is 7. The van der Waals surface area contributed by atoms with E-state index in [1.54, 1.807) is 12.1 Å². The molecule has 0 unspecified atom stereocenters. The molecule has 0 saturated carbocycles. The number of thioether (sulfide) groups is 1. The van der Waals surface area contributed by atoms with Gasteiger partial charge in [0.15, 0.2) is 10.9 Å². The predicted molar refractivity (Wildman–Crippen MR) is 125 cm³/mol. The third-order valence-corrected chi connectivity index (χ3v) is 6.19. The van der Waals surface area contributed by atoms with Crippen LogP contribution in [0.25, 0.3) is 5.69 Å². The fraction of sp³-hybridized carbons (Fsp3) is 0.333. The number of halogens is 2. The normalized spacial score (nSPS) is 11.9. The number of aryl methyl sites for hydroxylation is 1. The van der Waals surface area contributed by atoms with Crippen LogP contribution in [0.5, 0.6) is 11.5 Å². The third-order valence-electron chi connectivity index (χ3n) is 4.44. The molecule has 0 N–H and O–H groups in total. The molecular formula is C21H22Cl2N4O4S. The molecule has 2 aromatic carbocycles. The molecule has 8 nitrogen and oxygen atoms in total. The molecule has 1 heterocycles. The van der Waals surface area contributed by atoms with Gasteiger partial charge in [0.2, 0.25) is 6.54 Å². The average Bonchev–Trinajstić information content (AvgIpc) is 3.10. The second-order valence-electron chi connectivity index (χ2n) is 6.66. The van der Waals surface area contributed by atoms with Gasteiger partial charge in [-0.2, -0.15) is 0 Å². The van der Waals surface area contributed by atoms with Crippen molar-refractivity contribution in [1.82, 2.24) is 14.8 Å². The van der Waals surface area contributed by atoms with E-state index in [1.807, 2.05) is 49.6 Å². The number of benzene rings is 2. The Morgan fingerprint density at radius 2 is 1.72 bits per heavy atom. The Kier molecular flexibility index (Phi) is 8.22. The number of nitro groups is 1. The summed E-state index contributed by atoms with van der Waals surface area (Å²) in [4.78, 5) is 11.0. The molecule has 0 aliphatic heterocycles. The molecule has 0 amide bonds. The summed E-state index contributed by atoms with van der Waals surface area (Å²) in [5.41, 5.74) is 1.42. The topological polar surface area (TPSA) is 92.3 Å². The van der Waals surface area contributed by atoms with Gasteiger partial charge in [-0.1, -0.05) is 35.0 Å². The molecule has 0 radical (unpaired) electrons. The minimum atomic E-state index is -0.597. The highest BCUT2D eigenvalue weighted by Gasteiger charge is 2.25. The highest BCUT2D eigenvalue weighted by atomic mass is 35.5. The van der Waals surface area contributed by atoms with Gasteiger partial charge in [-0.25, -0.2) is 0 Å². The molecule has 1 atom stereocenters. The fourth-order valence-corrected chi connectivity index (χ4v) is 4.86. The maximum atomic E-state index is 11.4. The van der Waals surface area contributed by atoms with Crippen LogP contribution in [0.3, 0.4) is 0 Å². The number of aromatic nitrogens is 3. The first kappa shape index (κ1) is 24.2. The van der Waals surface area contributed by atoms with Gasteiger partial charge in [0, 0.05) is 10.6 Å². The first-order chi connectivity index (χ1) is 15.3. The summed E-state index contributed by atoms with van der Waals surface area (Å²) in [6.07, 6.45) is 0. The van der Waals surface area contributed by atoms with Gasteiger partial charge in [-0.15, -0.1) is 10.2 Å². The van der Waals surface area contributed by atoms with E-state index < -0.39 is 5.25 Å². The monoisotopic (exact) mass is 496 g/mol. The number of hydrogen-bond donors (Lipinski definition) is 0. The Morgan fingerprint density at radius 1 is 1.09 bits per heavy atom. The van der Waals surface area contributed by atoms with Crippen molar-refractivity contribution >= 4 is 35.0 Å². The first-order valence-corrected chi connectivity index (χ1v) is 11.5. The SMILES string of the molecule is CCOc1ccc(-n2c(C)nnc2S[C@H](C[N+](=O)[O-])c2cc(Cl)c(OCC)c(Cl)c2)cc1. The molecule has 0 aliphatic carbocycles. The van der Waals surface area contributed by atoms with Gasteiger partial charge >= 0.3 is 0 Å². The maximum Gasteiger partial charge on any atom is 0.220 e. The van der Waals surface area contributed by atoms with Crippen molar-refractivity contribution in [2.75, 3.05) is 19.8 Å². The van der Waals surface area contributed by atoms with Crippen LogP contribution in [-0.4, -0.2) is 39.4 Å². The summed E-state index contributed by atoms with van der Waals surface area (Å²) in [7, 11) is 0. The van der Waals surface area contributed by atoms with E-state index in [9.17, 15) is 10.1 Å². The lowest BCUT2D eigenvalue weighted by Gasteiger charge is -2.16. The zero-order valence-corrected chi connectivity index (χ0v) is 20.1. The van der Waals surface area contributed by atoms with Gasteiger partial charge in [-0.3, -0.25) is 14.7 Å². The zero-order chi connectivity index (χ0) is 23.3. The molecule has 11 heteroatoms. The zero-order valence-electron chi connectivity index (χ0n) is 17.7. The lowest BCUT2D eigenvalue weighted by molar-refractivity contribution is -0.479. The van der Waals surface area contributed by atoms with Crippen LogP contribution in [0.1, 0.15) is 30.5 Å². The van der Waals surface area contributed by atoms with Crippen molar-refractivity contribution in [3.8, 4) is 17.2 Å². The minimum Gasteiger partial charge on any atom is -0.494 e. The van der Waals surface area contributed by atoms with Gasteiger partial charge in [0.05, 0.1) is 23.3 Å². The molecular weight excluding hydrogens is 475 g/mol. The summed E-state index contributed by atoms with van der Waals surface area (Å²) in [5, 5.41) is 20.3. The lowest BCUT2D eigenvalue weighted by atomic mass is 10.1. The Labute approximate surface area is 200 Å². The molecule has 0 spiro atoms. The van der Waals surface area contributed by atoms with Crippen molar-refractivity contribution < 1.29 is 14.4 Å². The van der Waals surface area contributed by atoms with E-state index in [-0.39, 0.29) is 11.5 Å². The summed E-state index contributed by atoms with van der Waals surface area (Å²) >= 11 is 13.9. The molecule has 3 rings (SSSR count). The molecule has 0 aliphatic rings. The molecule has 170 valence electrons. The quantitative estimate of drug-likeness (QED) is 0.199. The van der Waals surface area contributed by atoms with E-state index in [2.05, 4.69) is 10.2 Å². The van der Waals surface area contributed by atoms with Crippen molar-refractivity contribution in [2.45, 2.75) is 31.2 Å². The van der Waals surface area contributed by atoms with Crippen LogP contribution >= 0.6 is 35.0 Å². The Balaban J connectivity index is 1.96. The summed E-state index contributed by atoms with van der Waals surface area (Å²) < 4.78 is 12.8. The highest BCUT2D eigenvalue weighted by Crippen LogP contribution is 2.41. The van der Waals surface area contributed by atoms with Crippen LogP contribution in [0.2, 0.25) is 10.0 Å². The van der Waals surface area contributed by atoms with Crippen LogP contribution in [0, 0.1) is 17.0 Å². The average molecular weight is 497 g/mol. The molecule has 0 saturated heterocycles. The summed E-state index contributed by atoms with van der Waals surface area (Å²) in [6.45, 7) is 6.18. The lowest BCUT2D eigenvalue weighted by Crippen LogP contribution is -2.11. The molecule has 3 aromatic rings. The first-order valence-electron chi connectivity index (χ1n) is 9.89. The van der Waals surface area contributed by atoms with Crippen LogP contribution < -0.4 is 9.47 Å². The van der Waals surface area contributed by atoms with E-state index >= 15 is 0 Å². The van der Waals surface area contributed by atoms with Crippen molar-refractivity contribution in [2.24, 2.45) is 0 Å². The van der Waals surface area contributed by atoms with Crippen molar-refractivity contribution in [3.63, 3.8) is 0 Å². The van der Waals surface area contributed by atoms with E-state index in [0.717, 1.165) is 11.4 Å². The fourth-order valence-electron chi connectivity index (χ4n) is 3.10. The maximum absolute atomic E-state index is 11.4. The van der Waals surface area contributed by atoms with Crippen LogP contribution in [0.4, 0.5) is 0 Å². The summed E-state index contributed by atoms with van der Waals surface area (Å²) in [6, 6.07) is 10.8. The standard InChI is InChI=1S/C21H22Cl2N4O4S/c1-4-30-16-8-6-15(7-9-16)27-13(3)24-25-21(27)32-19(12-26(28)29)14-10-17(22)20(31-5-2)18(23)11-14/h6-11,19H,4-5,12H2,1-3H3/t19-/m1/s1. The molecule has 32 heavy (non-hydrogen) atoms. The number of rotatable bonds is 10. The largest absolute Gasteiger partial charge is 0.494 e. The van der Waals surface area contributed by atoms with Gasteiger partial charge in [0.25, 0.3) is 0 Å². The minimum absolute atomic E-state index is 0.299. The Morgan fingerprint density at radius 3 is 2.28 bits per heavy atom. The summed E-state index contributed by atoms with van der Waals surface area (Å²) in [5.74, 6) is 1.76. The van der Waals surface area contributed by atoms with Crippen molar-refractivity contribution in [3.05, 3.63) is 67.9 Å². The smallest absolute Gasteiger partial charge is 0.220 e. The van der Waals surface area contributed by atoms with Crippen LogP contribution in [0.15, 0.2) is 41.6 Å². The third kappa shape index (κ3) is 5.65. The van der Waals surface area contributed by atoms with Gasteiger partial charge < -0.3 is 9.47 Å². The Hall–Kier alpha value is -2.49. The van der Waals surface area contributed by atoms with Gasteiger partial charge in [-0.05, 0) is 62.7 Å². The second-order valence-corrected chi connectivity index (χ2v) is 8.64. The van der Waals surface area contributed by atoms with E-state index in [0.29, 0.717) is 45.6 Å². The second kappa shape index (κ2) is 10.9.